The summed E-state index contributed by atoms with van der Waals surface area (Å²) in [5.74, 6) is 0.248. The molecule has 23 heavy (non-hydrogen) atoms. The highest BCUT2D eigenvalue weighted by atomic mass is 32.1. The molecule has 0 bridgehead atoms. The Morgan fingerprint density at radius 3 is 3.00 bits per heavy atom. The van der Waals surface area contributed by atoms with Crippen LogP contribution in [0.3, 0.4) is 0 Å². The van der Waals surface area contributed by atoms with Crippen LogP contribution in [0.1, 0.15) is 21.8 Å². The van der Waals surface area contributed by atoms with Crippen LogP contribution >= 0.6 is 11.3 Å². The van der Waals surface area contributed by atoms with E-state index in [1.165, 1.54) is 22.2 Å². The molecule has 0 saturated heterocycles. The molecule has 0 unspecified atom stereocenters. The number of amides is 1. The molecule has 4 aromatic rings. The second kappa shape index (κ2) is 5.61. The predicted octanol–water partition coefficient (Wildman–Crippen LogP) is 2.02. The minimum atomic E-state index is -0.377. The van der Waals surface area contributed by atoms with Crippen LogP contribution < -0.4 is 5.32 Å². The van der Waals surface area contributed by atoms with E-state index in [4.69, 9.17) is 4.52 Å². The maximum atomic E-state index is 12.2. The standard InChI is InChI=1S/C14H10N6O2S/c21-12(16-13-18-20-8-15-17-14(20)23-13)11-7-10(22-19-11)6-9-4-2-1-3-5-9/h1-5,7-8H,6H2,(H,16,18,21). The lowest BCUT2D eigenvalue weighted by Gasteiger charge is -1.95. The SMILES string of the molecule is O=C(Nc1nn2cnnc2s1)c1cc(Cc2ccccc2)on1. The van der Waals surface area contributed by atoms with Gasteiger partial charge < -0.3 is 4.52 Å². The summed E-state index contributed by atoms with van der Waals surface area (Å²) in [5.41, 5.74) is 1.30. The second-order valence-electron chi connectivity index (χ2n) is 4.76. The van der Waals surface area contributed by atoms with Crippen LogP contribution in [0.5, 0.6) is 0 Å². The lowest BCUT2D eigenvalue weighted by atomic mass is 10.1. The van der Waals surface area contributed by atoms with Crippen molar-refractivity contribution in [2.24, 2.45) is 0 Å². The monoisotopic (exact) mass is 326 g/mol. The van der Waals surface area contributed by atoms with Gasteiger partial charge in [-0.1, -0.05) is 46.8 Å². The zero-order chi connectivity index (χ0) is 15.6. The minimum absolute atomic E-state index is 0.210. The van der Waals surface area contributed by atoms with Gasteiger partial charge in [-0.05, 0) is 5.56 Å². The van der Waals surface area contributed by atoms with Crippen LogP contribution in [0.15, 0.2) is 47.2 Å². The van der Waals surface area contributed by atoms with Crippen molar-refractivity contribution in [3.63, 3.8) is 0 Å². The number of benzene rings is 1. The van der Waals surface area contributed by atoms with E-state index in [-0.39, 0.29) is 11.6 Å². The van der Waals surface area contributed by atoms with Crippen molar-refractivity contribution in [3.8, 4) is 0 Å². The third-order valence-corrected chi connectivity index (χ3v) is 3.95. The van der Waals surface area contributed by atoms with Gasteiger partial charge in [0.05, 0.1) is 0 Å². The summed E-state index contributed by atoms with van der Waals surface area (Å²) in [4.78, 5) is 12.8. The topological polar surface area (TPSA) is 98.2 Å². The molecule has 4 rings (SSSR count). The summed E-state index contributed by atoms with van der Waals surface area (Å²) in [6, 6.07) is 11.5. The van der Waals surface area contributed by atoms with Crippen LogP contribution in [-0.2, 0) is 6.42 Å². The van der Waals surface area contributed by atoms with Gasteiger partial charge in [0.2, 0.25) is 10.1 Å². The van der Waals surface area contributed by atoms with E-state index in [2.05, 4.69) is 25.8 Å². The first-order valence-electron chi connectivity index (χ1n) is 6.76. The van der Waals surface area contributed by atoms with Crippen molar-refractivity contribution in [1.29, 1.82) is 0 Å². The molecule has 1 N–H and O–H groups in total. The lowest BCUT2D eigenvalue weighted by molar-refractivity contribution is 0.101. The number of aromatic nitrogens is 5. The number of hydrogen-bond acceptors (Lipinski definition) is 7. The summed E-state index contributed by atoms with van der Waals surface area (Å²) in [5, 5.41) is 18.6. The first-order valence-corrected chi connectivity index (χ1v) is 7.57. The summed E-state index contributed by atoms with van der Waals surface area (Å²) < 4.78 is 6.71. The molecule has 8 nitrogen and oxygen atoms in total. The fourth-order valence-corrected chi connectivity index (χ4v) is 2.79. The molecule has 3 aromatic heterocycles. The molecule has 0 aliphatic heterocycles. The number of fused-ring (bicyclic) bond motifs is 1. The largest absolute Gasteiger partial charge is 0.360 e. The Hall–Kier alpha value is -3.07. The normalized spacial score (nSPS) is 11.0. The van der Waals surface area contributed by atoms with E-state index in [0.717, 1.165) is 5.56 Å². The Balaban J connectivity index is 1.47. The number of nitrogens with zero attached hydrogens (tertiary/aromatic N) is 5. The van der Waals surface area contributed by atoms with Gasteiger partial charge in [0, 0.05) is 12.5 Å². The predicted molar refractivity (Wildman–Crippen MR) is 82.4 cm³/mol. The van der Waals surface area contributed by atoms with Gasteiger partial charge in [-0.2, -0.15) is 4.52 Å². The van der Waals surface area contributed by atoms with Crippen LogP contribution in [-0.4, -0.2) is 30.9 Å². The van der Waals surface area contributed by atoms with E-state index in [1.807, 2.05) is 30.3 Å². The van der Waals surface area contributed by atoms with Crippen LogP contribution in [0, 0.1) is 0 Å². The molecule has 0 saturated carbocycles. The van der Waals surface area contributed by atoms with Gasteiger partial charge in [0.1, 0.15) is 12.1 Å². The molecule has 114 valence electrons. The van der Waals surface area contributed by atoms with Crippen molar-refractivity contribution in [2.45, 2.75) is 6.42 Å². The first kappa shape index (κ1) is 13.6. The van der Waals surface area contributed by atoms with Crippen molar-refractivity contribution in [2.75, 3.05) is 5.32 Å². The summed E-state index contributed by atoms with van der Waals surface area (Å²) >= 11 is 1.22. The summed E-state index contributed by atoms with van der Waals surface area (Å²) in [7, 11) is 0. The Morgan fingerprint density at radius 2 is 2.17 bits per heavy atom. The molecule has 3 heterocycles. The van der Waals surface area contributed by atoms with Crippen molar-refractivity contribution in [1.82, 2.24) is 25.0 Å². The van der Waals surface area contributed by atoms with E-state index >= 15 is 0 Å². The fourth-order valence-electron chi connectivity index (χ4n) is 2.07. The van der Waals surface area contributed by atoms with Crippen molar-refractivity contribution in [3.05, 3.63) is 59.7 Å². The smallest absolute Gasteiger partial charge is 0.279 e. The van der Waals surface area contributed by atoms with Gasteiger partial charge in [-0.3, -0.25) is 10.1 Å². The van der Waals surface area contributed by atoms with Crippen LogP contribution in [0.2, 0.25) is 0 Å². The third kappa shape index (κ3) is 2.81. The molecule has 0 aliphatic rings. The average Bonchev–Trinajstić information content (AvgIpc) is 3.24. The Morgan fingerprint density at radius 1 is 1.30 bits per heavy atom. The molecule has 0 fully saturated rings. The molecular weight excluding hydrogens is 316 g/mol. The molecule has 0 radical (unpaired) electrons. The van der Waals surface area contributed by atoms with E-state index < -0.39 is 0 Å². The number of carbonyl (C=O) groups is 1. The molecule has 1 aromatic carbocycles. The second-order valence-corrected chi connectivity index (χ2v) is 5.72. The highest BCUT2D eigenvalue weighted by Crippen LogP contribution is 2.18. The first-order chi connectivity index (χ1) is 11.3. The van der Waals surface area contributed by atoms with E-state index in [1.54, 1.807) is 6.07 Å². The van der Waals surface area contributed by atoms with Gasteiger partial charge in [-0.15, -0.1) is 15.3 Å². The maximum Gasteiger partial charge on any atom is 0.279 e. The molecule has 9 heteroatoms. The average molecular weight is 326 g/mol. The third-order valence-electron chi connectivity index (χ3n) is 3.12. The number of hydrogen-bond donors (Lipinski definition) is 1. The maximum absolute atomic E-state index is 12.2. The lowest BCUT2D eigenvalue weighted by Crippen LogP contribution is -2.12. The number of anilines is 1. The Bertz CT molecular complexity index is 929. The van der Waals surface area contributed by atoms with Crippen molar-refractivity contribution >= 4 is 27.3 Å². The fraction of sp³-hybridized carbons (Fsp3) is 0.0714. The van der Waals surface area contributed by atoms with Crippen molar-refractivity contribution < 1.29 is 9.32 Å². The zero-order valence-corrected chi connectivity index (χ0v) is 12.5. The highest BCUT2D eigenvalue weighted by Gasteiger charge is 2.15. The summed E-state index contributed by atoms with van der Waals surface area (Å²) in [6.45, 7) is 0. The highest BCUT2D eigenvalue weighted by molar-refractivity contribution is 7.20. The molecule has 0 aliphatic carbocycles. The van der Waals surface area contributed by atoms with Gasteiger partial charge in [-0.25, -0.2) is 0 Å². The zero-order valence-electron chi connectivity index (χ0n) is 11.7. The molecule has 1 amide bonds. The van der Waals surface area contributed by atoms with Gasteiger partial charge in [0.25, 0.3) is 5.91 Å². The Kier molecular flexibility index (Phi) is 3.31. The molecule has 0 spiro atoms. The van der Waals surface area contributed by atoms with Crippen LogP contribution in [0.25, 0.3) is 4.96 Å². The van der Waals surface area contributed by atoms with Gasteiger partial charge >= 0.3 is 0 Å². The molecular formula is C14H10N6O2S. The number of rotatable bonds is 4. The minimum Gasteiger partial charge on any atom is -0.360 e. The van der Waals surface area contributed by atoms with E-state index in [0.29, 0.717) is 22.3 Å². The summed E-state index contributed by atoms with van der Waals surface area (Å²) in [6.07, 6.45) is 2.05. The Labute approximate surface area is 133 Å². The molecule has 0 atom stereocenters. The van der Waals surface area contributed by atoms with Gasteiger partial charge in [0.15, 0.2) is 5.69 Å². The quantitative estimate of drug-likeness (QED) is 0.616. The number of nitrogens with one attached hydrogen (secondary N) is 1. The van der Waals surface area contributed by atoms with E-state index in [9.17, 15) is 4.79 Å². The van der Waals surface area contributed by atoms with Crippen LogP contribution in [0.4, 0.5) is 5.13 Å². The number of carbonyl (C=O) groups excluding carboxylic acids is 1.